The van der Waals surface area contributed by atoms with Gasteiger partial charge in [-0.1, -0.05) is 0 Å². The highest BCUT2D eigenvalue weighted by molar-refractivity contribution is 7.89. The van der Waals surface area contributed by atoms with Crippen LogP contribution in [0.4, 0.5) is 0 Å². The highest BCUT2D eigenvalue weighted by Crippen LogP contribution is 2.23. The number of nitrogens with zero attached hydrogens (tertiary/aromatic N) is 1. The number of morpholine rings is 1. The van der Waals surface area contributed by atoms with Crippen LogP contribution < -0.4 is 0 Å². The van der Waals surface area contributed by atoms with Crippen LogP contribution in [0.5, 0.6) is 0 Å². The molecule has 18 heavy (non-hydrogen) atoms. The molecule has 0 N–H and O–H groups in total. The first-order valence-corrected chi connectivity index (χ1v) is 8.24. The zero-order valence-electron chi connectivity index (χ0n) is 11.2. The Balaban J connectivity index is 2.68. The minimum atomic E-state index is -3.30. The average Bonchev–Trinajstić information content (AvgIpc) is 2.27. The van der Waals surface area contributed by atoms with E-state index in [0.717, 1.165) is 0 Å². The molecule has 1 saturated heterocycles. The second kappa shape index (κ2) is 6.52. The summed E-state index contributed by atoms with van der Waals surface area (Å²) < 4.78 is 36.6. The minimum Gasteiger partial charge on any atom is -0.381 e. The molecule has 1 aliphatic rings. The SMILES string of the molecule is CCOCCS(=O)(=O)N1CC(CCl)OC(C)(C)C1. The molecule has 0 saturated carbocycles. The second-order valence-corrected chi connectivity index (χ2v) is 7.36. The fourth-order valence-electron chi connectivity index (χ4n) is 1.97. The van der Waals surface area contributed by atoms with E-state index in [9.17, 15) is 8.42 Å². The standard InChI is InChI=1S/C11H22ClNO4S/c1-4-16-5-6-18(14,15)13-8-10(7-12)17-11(2,3)9-13/h10H,4-9H2,1-3H3. The van der Waals surface area contributed by atoms with E-state index in [4.69, 9.17) is 21.1 Å². The van der Waals surface area contributed by atoms with Gasteiger partial charge in [-0.2, -0.15) is 4.31 Å². The van der Waals surface area contributed by atoms with Crippen LogP contribution in [-0.2, 0) is 19.5 Å². The van der Waals surface area contributed by atoms with E-state index >= 15 is 0 Å². The Morgan fingerprint density at radius 1 is 1.50 bits per heavy atom. The fraction of sp³-hybridized carbons (Fsp3) is 1.00. The fourth-order valence-corrected chi connectivity index (χ4v) is 3.62. The lowest BCUT2D eigenvalue weighted by Crippen LogP contribution is -2.55. The summed E-state index contributed by atoms with van der Waals surface area (Å²) in [5.41, 5.74) is -0.503. The van der Waals surface area contributed by atoms with Crippen molar-refractivity contribution in [3.05, 3.63) is 0 Å². The molecule has 1 fully saturated rings. The third-order valence-electron chi connectivity index (χ3n) is 2.71. The molecule has 0 amide bonds. The number of halogens is 1. The van der Waals surface area contributed by atoms with Crippen molar-refractivity contribution in [2.24, 2.45) is 0 Å². The first-order valence-electron chi connectivity index (χ1n) is 6.10. The number of hydrogen-bond donors (Lipinski definition) is 0. The van der Waals surface area contributed by atoms with Gasteiger partial charge in [0.25, 0.3) is 0 Å². The van der Waals surface area contributed by atoms with E-state index in [2.05, 4.69) is 0 Å². The van der Waals surface area contributed by atoms with Crippen molar-refractivity contribution in [2.75, 3.05) is 37.9 Å². The maximum atomic E-state index is 12.2. The van der Waals surface area contributed by atoms with Gasteiger partial charge in [-0.3, -0.25) is 0 Å². The molecule has 1 heterocycles. The zero-order chi connectivity index (χ0) is 13.8. The number of alkyl halides is 1. The molecule has 0 radical (unpaired) electrons. The Morgan fingerprint density at radius 2 is 2.17 bits per heavy atom. The largest absolute Gasteiger partial charge is 0.381 e. The number of rotatable bonds is 6. The molecule has 1 unspecified atom stereocenters. The van der Waals surface area contributed by atoms with E-state index < -0.39 is 15.6 Å². The van der Waals surface area contributed by atoms with Gasteiger partial charge in [0.15, 0.2) is 0 Å². The first-order chi connectivity index (χ1) is 8.30. The molecule has 108 valence electrons. The van der Waals surface area contributed by atoms with Crippen molar-refractivity contribution in [2.45, 2.75) is 32.5 Å². The van der Waals surface area contributed by atoms with Crippen LogP contribution in [0.2, 0.25) is 0 Å². The van der Waals surface area contributed by atoms with E-state index in [1.165, 1.54) is 4.31 Å². The van der Waals surface area contributed by atoms with E-state index in [1.807, 2.05) is 20.8 Å². The van der Waals surface area contributed by atoms with Crippen molar-refractivity contribution in [3.8, 4) is 0 Å². The van der Waals surface area contributed by atoms with Crippen molar-refractivity contribution < 1.29 is 17.9 Å². The van der Waals surface area contributed by atoms with E-state index in [0.29, 0.717) is 25.6 Å². The maximum absolute atomic E-state index is 12.2. The van der Waals surface area contributed by atoms with Crippen LogP contribution >= 0.6 is 11.6 Å². The molecule has 0 aliphatic carbocycles. The predicted octanol–water partition coefficient (Wildman–Crippen LogP) is 1.07. The zero-order valence-corrected chi connectivity index (χ0v) is 12.8. The topological polar surface area (TPSA) is 55.8 Å². The monoisotopic (exact) mass is 299 g/mol. The maximum Gasteiger partial charge on any atom is 0.216 e. The third kappa shape index (κ3) is 4.66. The average molecular weight is 300 g/mol. The van der Waals surface area contributed by atoms with Crippen molar-refractivity contribution >= 4 is 21.6 Å². The molecule has 0 aromatic heterocycles. The third-order valence-corrected chi connectivity index (χ3v) is 4.80. The first kappa shape index (κ1) is 16.2. The summed E-state index contributed by atoms with van der Waals surface area (Å²) in [5.74, 6) is 0.298. The molecule has 0 aromatic carbocycles. The summed E-state index contributed by atoms with van der Waals surface area (Å²) in [5, 5.41) is 0. The van der Waals surface area contributed by atoms with Crippen LogP contribution in [0.25, 0.3) is 0 Å². The Kier molecular flexibility index (Phi) is 5.86. The highest BCUT2D eigenvalue weighted by atomic mass is 35.5. The highest BCUT2D eigenvalue weighted by Gasteiger charge is 2.38. The van der Waals surface area contributed by atoms with Gasteiger partial charge in [0.2, 0.25) is 10.0 Å². The molecule has 1 aliphatic heterocycles. The Hall–Kier alpha value is 0.120. The van der Waals surface area contributed by atoms with Crippen LogP contribution in [0, 0.1) is 0 Å². The van der Waals surface area contributed by atoms with Crippen LogP contribution in [0.3, 0.4) is 0 Å². The van der Waals surface area contributed by atoms with Gasteiger partial charge in [0.05, 0.1) is 24.1 Å². The van der Waals surface area contributed by atoms with Gasteiger partial charge >= 0.3 is 0 Å². The van der Waals surface area contributed by atoms with Gasteiger partial charge in [0, 0.05) is 25.6 Å². The van der Waals surface area contributed by atoms with Crippen molar-refractivity contribution in [1.29, 1.82) is 0 Å². The summed E-state index contributed by atoms with van der Waals surface area (Å²) in [6, 6.07) is 0. The Labute approximate surface area is 114 Å². The summed E-state index contributed by atoms with van der Waals surface area (Å²) in [7, 11) is -3.30. The van der Waals surface area contributed by atoms with Gasteiger partial charge in [-0.15, -0.1) is 11.6 Å². The smallest absolute Gasteiger partial charge is 0.216 e. The van der Waals surface area contributed by atoms with E-state index in [-0.39, 0.29) is 18.5 Å². The van der Waals surface area contributed by atoms with Crippen LogP contribution in [0.15, 0.2) is 0 Å². The van der Waals surface area contributed by atoms with Crippen molar-refractivity contribution in [1.82, 2.24) is 4.31 Å². The molecule has 0 spiro atoms. The Bertz CT molecular complexity index is 358. The molecule has 7 heteroatoms. The molecule has 1 atom stereocenters. The molecule has 0 bridgehead atoms. The number of sulfonamides is 1. The lowest BCUT2D eigenvalue weighted by molar-refractivity contribution is -0.107. The van der Waals surface area contributed by atoms with Crippen molar-refractivity contribution in [3.63, 3.8) is 0 Å². The van der Waals surface area contributed by atoms with Gasteiger partial charge in [0.1, 0.15) is 0 Å². The molecule has 1 rings (SSSR count). The van der Waals surface area contributed by atoms with E-state index in [1.54, 1.807) is 0 Å². The minimum absolute atomic E-state index is 0.00588. The van der Waals surface area contributed by atoms with Gasteiger partial charge in [-0.25, -0.2) is 8.42 Å². The molecular formula is C11H22ClNO4S. The van der Waals surface area contributed by atoms with Gasteiger partial charge in [-0.05, 0) is 20.8 Å². The second-order valence-electron chi connectivity index (χ2n) is 4.96. The quantitative estimate of drug-likeness (QED) is 0.544. The Morgan fingerprint density at radius 3 is 2.72 bits per heavy atom. The summed E-state index contributed by atoms with van der Waals surface area (Å²) >= 11 is 5.78. The normalized spacial score (nSPS) is 25.2. The summed E-state index contributed by atoms with van der Waals surface area (Å²) in [6.45, 7) is 7.01. The summed E-state index contributed by atoms with van der Waals surface area (Å²) in [4.78, 5) is 0. The lowest BCUT2D eigenvalue weighted by Gasteiger charge is -2.41. The molecular weight excluding hydrogens is 278 g/mol. The molecule has 5 nitrogen and oxygen atoms in total. The molecule has 0 aromatic rings. The lowest BCUT2D eigenvalue weighted by atomic mass is 10.1. The summed E-state index contributed by atoms with van der Waals surface area (Å²) in [6.07, 6.45) is -0.253. The van der Waals surface area contributed by atoms with Crippen LogP contribution in [-0.4, -0.2) is 62.4 Å². The number of hydrogen-bond acceptors (Lipinski definition) is 4. The number of ether oxygens (including phenoxy) is 2. The van der Waals surface area contributed by atoms with Crippen LogP contribution in [0.1, 0.15) is 20.8 Å². The predicted molar refractivity (Wildman–Crippen MR) is 71.5 cm³/mol. The van der Waals surface area contributed by atoms with Gasteiger partial charge < -0.3 is 9.47 Å².